The second-order valence-corrected chi connectivity index (χ2v) is 7.32. The standard InChI is InChI=1S/C23H22F2N4O2/c24-18-12-16(13-19(25)14-18)15-28-22(30)17-4-6-20(7-5-17)31-23-21(26-8-9-27-23)29-10-2-1-3-11-29/h4-9,12-14H,1-3,10-11,15H2,(H,28,30). The summed E-state index contributed by atoms with van der Waals surface area (Å²) in [6, 6.07) is 9.73. The van der Waals surface area contributed by atoms with E-state index in [0.29, 0.717) is 28.6 Å². The number of amides is 1. The number of carbonyl (C=O) groups is 1. The van der Waals surface area contributed by atoms with Gasteiger partial charge in [0.1, 0.15) is 17.4 Å². The molecule has 160 valence electrons. The Labute approximate surface area is 178 Å². The van der Waals surface area contributed by atoms with Crippen LogP contribution < -0.4 is 15.0 Å². The lowest BCUT2D eigenvalue weighted by atomic mass is 10.1. The van der Waals surface area contributed by atoms with Crippen LogP contribution in [0, 0.1) is 11.6 Å². The molecule has 1 amide bonds. The Morgan fingerprint density at radius 1 is 0.968 bits per heavy atom. The van der Waals surface area contributed by atoms with E-state index >= 15 is 0 Å². The fourth-order valence-corrected chi connectivity index (χ4v) is 3.50. The van der Waals surface area contributed by atoms with Crippen molar-refractivity contribution in [2.75, 3.05) is 18.0 Å². The van der Waals surface area contributed by atoms with E-state index in [4.69, 9.17) is 4.74 Å². The maximum Gasteiger partial charge on any atom is 0.263 e. The van der Waals surface area contributed by atoms with Crippen molar-refractivity contribution >= 4 is 11.7 Å². The van der Waals surface area contributed by atoms with Gasteiger partial charge in [-0.05, 0) is 61.2 Å². The molecule has 0 atom stereocenters. The molecule has 6 nitrogen and oxygen atoms in total. The quantitative estimate of drug-likeness (QED) is 0.633. The number of rotatable bonds is 6. The third-order valence-corrected chi connectivity index (χ3v) is 5.01. The highest BCUT2D eigenvalue weighted by Gasteiger charge is 2.18. The highest BCUT2D eigenvalue weighted by Crippen LogP contribution is 2.29. The fraction of sp³-hybridized carbons (Fsp3) is 0.261. The van der Waals surface area contributed by atoms with Gasteiger partial charge in [-0.3, -0.25) is 4.79 Å². The molecule has 1 fully saturated rings. The van der Waals surface area contributed by atoms with Crippen LogP contribution in [-0.2, 0) is 6.54 Å². The van der Waals surface area contributed by atoms with Gasteiger partial charge in [-0.2, -0.15) is 0 Å². The molecule has 0 spiro atoms. The number of ether oxygens (including phenoxy) is 1. The van der Waals surface area contributed by atoms with Crippen LogP contribution in [-0.4, -0.2) is 29.0 Å². The number of nitrogens with one attached hydrogen (secondary N) is 1. The molecule has 2 aromatic carbocycles. The first-order chi connectivity index (χ1) is 15.1. The van der Waals surface area contributed by atoms with Crippen LogP contribution in [0.4, 0.5) is 14.6 Å². The third kappa shape index (κ3) is 5.33. The number of anilines is 1. The summed E-state index contributed by atoms with van der Waals surface area (Å²) in [6.07, 6.45) is 6.67. The SMILES string of the molecule is O=C(NCc1cc(F)cc(F)c1)c1ccc(Oc2nccnc2N2CCCCC2)cc1. The number of halogens is 2. The maximum absolute atomic E-state index is 13.3. The fourth-order valence-electron chi connectivity index (χ4n) is 3.50. The lowest BCUT2D eigenvalue weighted by Crippen LogP contribution is -2.30. The van der Waals surface area contributed by atoms with Crippen molar-refractivity contribution in [3.8, 4) is 11.6 Å². The Balaban J connectivity index is 1.40. The molecule has 0 aliphatic carbocycles. The monoisotopic (exact) mass is 424 g/mol. The zero-order chi connectivity index (χ0) is 21.6. The maximum atomic E-state index is 13.3. The van der Waals surface area contributed by atoms with Gasteiger partial charge in [-0.15, -0.1) is 0 Å². The summed E-state index contributed by atoms with van der Waals surface area (Å²) in [5, 5.41) is 2.65. The summed E-state index contributed by atoms with van der Waals surface area (Å²) in [7, 11) is 0. The number of hydrogen-bond donors (Lipinski definition) is 1. The highest BCUT2D eigenvalue weighted by molar-refractivity contribution is 5.94. The zero-order valence-electron chi connectivity index (χ0n) is 16.9. The average molecular weight is 424 g/mol. The first kappa shape index (κ1) is 20.7. The summed E-state index contributed by atoms with van der Waals surface area (Å²) >= 11 is 0. The van der Waals surface area contributed by atoms with Gasteiger partial charge in [0.25, 0.3) is 11.8 Å². The number of hydrogen-bond acceptors (Lipinski definition) is 5. The molecule has 0 bridgehead atoms. The first-order valence-electron chi connectivity index (χ1n) is 10.2. The van der Waals surface area contributed by atoms with Crippen LogP contribution in [0.2, 0.25) is 0 Å². The minimum atomic E-state index is -0.682. The van der Waals surface area contributed by atoms with Crippen LogP contribution in [0.25, 0.3) is 0 Å². The minimum Gasteiger partial charge on any atom is -0.436 e. The van der Waals surface area contributed by atoms with E-state index < -0.39 is 11.6 Å². The predicted octanol–water partition coefficient (Wildman–Crippen LogP) is 4.47. The summed E-state index contributed by atoms with van der Waals surface area (Å²) in [6.45, 7) is 1.86. The summed E-state index contributed by atoms with van der Waals surface area (Å²) in [4.78, 5) is 23.3. The molecule has 1 saturated heterocycles. The van der Waals surface area contributed by atoms with Gasteiger partial charge in [0.15, 0.2) is 5.82 Å². The summed E-state index contributed by atoms with van der Waals surface area (Å²) in [5.74, 6) is -0.0503. The van der Waals surface area contributed by atoms with Crippen molar-refractivity contribution in [3.63, 3.8) is 0 Å². The van der Waals surface area contributed by atoms with Crippen LogP contribution in [0.3, 0.4) is 0 Å². The molecule has 0 unspecified atom stereocenters. The number of benzene rings is 2. The van der Waals surface area contributed by atoms with Gasteiger partial charge >= 0.3 is 0 Å². The minimum absolute atomic E-state index is 0.0184. The Hall–Kier alpha value is -3.55. The van der Waals surface area contributed by atoms with Gasteiger partial charge in [0.2, 0.25) is 0 Å². The Morgan fingerprint density at radius 2 is 1.65 bits per heavy atom. The molecule has 4 rings (SSSR count). The number of nitrogens with zero attached hydrogens (tertiary/aromatic N) is 3. The molecule has 1 aliphatic rings. The molecule has 2 heterocycles. The second-order valence-electron chi connectivity index (χ2n) is 7.32. The molecule has 3 aromatic rings. The van der Waals surface area contributed by atoms with Crippen molar-refractivity contribution in [2.45, 2.75) is 25.8 Å². The smallest absolute Gasteiger partial charge is 0.263 e. The van der Waals surface area contributed by atoms with Crippen molar-refractivity contribution < 1.29 is 18.3 Å². The summed E-state index contributed by atoms with van der Waals surface area (Å²) < 4.78 is 32.5. The molecule has 1 aromatic heterocycles. The van der Waals surface area contributed by atoms with E-state index in [1.165, 1.54) is 18.6 Å². The van der Waals surface area contributed by atoms with Crippen LogP contribution in [0.1, 0.15) is 35.2 Å². The lowest BCUT2D eigenvalue weighted by Gasteiger charge is -2.28. The van der Waals surface area contributed by atoms with Gasteiger partial charge in [-0.25, -0.2) is 18.7 Å². The highest BCUT2D eigenvalue weighted by atomic mass is 19.1. The van der Waals surface area contributed by atoms with E-state index in [1.54, 1.807) is 36.7 Å². The zero-order valence-corrected chi connectivity index (χ0v) is 16.9. The number of aromatic nitrogens is 2. The molecular formula is C23H22F2N4O2. The van der Waals surface area contributed by atoms with Crippen molar-refractivity contribution in [1.29, 1.82) is 0 Å². The van der Waals surface area contributed by atoms with Gasteiger partial charge in [0.05, 0.1) is 0 Å². The Kier molecular flexibility index (Phi) is 6.35. The van der Waals surface area contributed by atoms with Crippen LogP contribution in [0.5, 0.6) is 11.6 Å². The first-order valence-corrected chi connectivity index (χ1v) is 10.2. The molecular weight excluding hydrogens is 402 g/mol. The average Bonchev–Trinajstić information content (AvgIpc) is 2.78. The van der Waals surface area contributed by atoms with Crippen LogP contribution in [0.15, 0.2) is 54.9 Å². The van der Waals surface area contributed by atoms with Crippen molar-refractivity contribution in [2.24, 2.45) is 0 Å². The van der Waals surface area contributed by atoms with E-state index in [0.717, 1.165) is 32.0 Å². The number of piperidine rings is 1. The van der Waals surface area contributed by atoms with Crippen molar-refractivity contribution in [1.82, 2.24) is 15.3 Å². The van der Waals surface area contributed by atoms with E-state index in [-0.39, 0.29) is 12.5 Å². The largest absolute Gasteiger partial charge is 0.436 e. The summed E-state index contributed by atoms with van der Waals surface area (Å²) in [5.41, 5.74) is 0.748. The van der Waals surface area contributed by atoms with E-state index in [1.807, 2.05) is 0 Å². The predicted molar refractivity (Wildman–Crippen MR) is 112 cm³/mol. The molecule has 0 saturated carbocycles. The number of carbonyl (C=O) groups excluding carboxylic acids is 1. The topological polar surface area (TPSA) is 67.3 Å². The Morgan fingerprint density at radius 3 is 2.35 bits per heavy atom. The molecule has 8 heteroatoms. The van der Waals surface area contributed by atoms with Gasteiger partial charge < -0.3 is 15.0 Å². The normalized spacial score (nSPS) is 13.7. The lowest BCUT2D eigenvalue weighted by molar-refractivity contribution is 0.0950. The van der Waals surface area contributed by atoms with Gasteiger partial charge in [0, 0.05) is 43.7 Å². The second kappa shape index (κ2) is 9.51. The Bertz CT molecular complexity index is 1030. The van der Waals surface area contributed by atoms with E-state index in [9.17, 15) is 13.6 Å². The van der Waals surface area contributed by atoms with E-state index in [2.05, 4.69) is 20.2 Å². The third-order valence-electron chi connectivity index (χ3n) is 5.01. The van der Waals surface area contributed by atoms with Gasteiger partial charge in [-0.1, -0.05) is 0 Å². The molecule has 1 aliphatic heterocycles. The van der Waals surface area contributed by atoms with Crippen LogP contribution >= 0.6 is 0 Å². The van der Waals surface area contributed by atoms with Crippen molar-refractivity contribution in [3.05, 3.63) is 77.6 Å². The molecule has 1 N–H and O–H groups in total. The molecule has 0 radical (unpaired) electrons. The molecule has 31 heavy (non-hydrogen) atoms.